The Kier molecular flexibility index (Phi) is 5.34. The van der Waals surface area contributed by atoms with Crippen LogP contribution in [-0.2, 0) is 13.1 Å². The molecule has 0 bridgehead atoms. The molecule has 6 aromatic rings. The Labute approximate surface area is 203 Å². The van der Waals surface area contributed by atoms with E-state index in [2.05, 4.69) is 82.2 Å². The maximum atomic E-state index is 13.7. The zero-order valence-electron chi connectivity index (χ0n) is 19.5. The van der Waals surface area contributed by atoms with E-state index in [0.29, 0.717) is 6.54 Å². The number of hydrogen-bond donors (Lipinski definition) is 0. The van der Waals surface area contributed by atoms with Gasteiger partial charge in [-0.15, -0.1) is 0 Å². The van der Waals surface area contributed by atoms with Crippen molar-refractivity contribution in [3.63, 3.8) is 0 Å². The van der Waals surface area contributed by atoms with E-state index < -0.39 is 0 Å². The van der Waals surface area contributed by atoms with Gasteiger partial charge in [0, 0.05) is 36.5 Å². The Morgan fingerprint density at radius 3 is 1.80 bits per heavy atom. The standard InChI is InChI=1S/C31H25FN2O/c1-35-29-11-5-22(6-12-29)20-33-15-13-24-7-9-26(18-30(24)33)27-10-8-25-14-16-34(31(25)19-27)21-23-3-2-4-28(32)17-23/h2-19H,20-21H2,1H3. The number of fused-ring (bicyclic) bond motifs is 2. The van der Waals surface area contributed by atoms with E-state index in [4.69, 9.17) is 4.74 Å². The Balaban J connectivity index is 1.34. The summed E-state index contributed by atoms with van der Waals surface area (Å²) in [6.07, 6.45) is 4.22. The summed E-state index contributed by atoms with van der Waals surface area (Å²) in [6, 6.07) is 32.5. The van der Waals surface area contributed by atoms with Gasteiger partial charge in [-0.25, -0.2) is 4.39 Å². The highest BCUT2D eigenvalue weighted by molar-refractivity contribution is 5.89. The lowest BCUT2D eigenvalue weighted by Gasteiger charge is -2.10. The molecule has 0 saturated carbocycles. The molecule has 35 heavy (non-hydrogen) atoms. The zero-order chi connectivity index (χ0) is 23.8. The summed E-state index contributed by atoms with van der Waals surface area (Å²) in [5, 5.41) is 2.40. The number of halogens is 1. The normalized spacial score (nSPS) is 11.4. The smallest absolute Gasteiger partial charge is 0.123 e. The number of methoxy groups -OCH3 is 1. The van der Waals surface area contributed by atoms with E-state index in [1.807, 2.05) is 18.2 Å². The monoisotopic (exact) mass is 460 g/mol. The van der Waals surface area contributed by atoms with Crippen LogP contribution in [0.2, 0.25) is 0 Å². The van der Waals surface area contributed by atoms with Crippen molar-refractivity contribution in [2.24, 2.45) is 0 Å². The average molecular weight is 461 g/mol. The van der Waals surface area contributed by atoms with Gasteiger partial charge < -0.3 is 13.9 Å². The minimum Gasteiger partial charge on any atom is -0.497 e. The molecule has 2 aromatic heterocycles. The maximum Gasteiger partial charge on any atom is 0.123 e. The fraction of sp³-hybridized carbons (Fsp3) is 0.0968. The van der Waals surface area contributed by atoms with Gasteiger partial charge in [-0.05, 0) is 81.6 Å². The molecule has 0 aliphatic carbocycles. The van der Waals surface area contributed by atoms with Gasteiger partial charge in [0.05, 0.1) is 7.11 Å². The Morgan fingerprint density at radius 1 is 0.629 bits per heavy atom. The van der Waals surface area contributed by atoms with Crippen LogP contribution in [0.4, 0.5) is 4.39 Å². The molecule has 0 atom stereocenters. The average Bonchev–Trinajstić information content (AvgIpc) is 3.48. The van der Waals surface area contributed by atoms with Crippen LogP contribution in [0.25, 0.3) is 32.9 Å². The Morgan fingerprint density at radius 2 is 1.23 bits per heavy atom. The van der Waals surface area contributed by atoms with Crippen molar-refractivity contribution in [2.75, 3.05) is 7.11 Å². The lowest BCUT2D eigenvalue weighted by atomic mass is 10.0. The fourth-order valence-corrected chi connectivity index (χ4v) is 4.76. The van der Waals surface area contributed by atoms with Gasteiger partial charge in [-0.1, -0.05) is 48.5 Å². The highest BCUT2D eigenvalue weighted by Gasteiger charge is 2.09. The van der Waals surface area contributed by atoms with Gasteiger partial charge in [-0.2, -0.15) is 0 Å². The van der Waals surface area contributed by atoms with E-state index in [1.54, 1.807) is 19.2 Å². The van der Waals surface area contributed by atoms with E-state index in [-0.39, 0.29) is 5.82 Å². The van der Waals surface area contributed by atoms with Gasteiger partial charge >= 0.3 is 0 Å². The Hall–Kier alpha value is -4.31. The van der Waals surface area contributed by atoms with Crippen molar-refractivity contribution < 1.29 is 9.13 Å². The topological polar surface area (TPSA) is 19.1 Å². The van der Waals surface area contributed by atoms with Crippen molar-refractivity contribution >= 4 is 21.8 Å². The SMILES string of the molecule is COc1ccc(Cn2ccc3ccc(-c4ccc5ccn(Cc6cccc(F)c6)c5c4)cc32)cc1. The van der Waals surface area contributed by atoms with Crippen molar-refractivity contribution in [2.45, 2.75) is 13.1 Å². The number of ether oxygens (including phenoxy) is 1. The molecule has 4 heteroatoms. The van der Waals surface area contributed by atoms with Crippen LogP contribution in [0.15, 0.2) is 109 Å². The first-order valence-electron chi connectivity index (χ1n) is 11.7. The summed E-state index contributed by atoms with van der Waals surface area (Å²) in [5.41, 5.74) is 6.85. The second-order valence-electron chi connectivity index (χ2n) is 8.91. The summed E-state index contributed by atoms with van der Waals surface area (Å²) < 4.78 is 23.4. The summed E-state index contributed by atoms with van der Waals surface area (Å²) in [5.74, 6) is 0.663. The minimum atomic E-state index is -0.203. The van der Waals surface area contributed by atoms with Crippen LogP contribution in [0.5, 0.6) is 5.75 Å². The van der Waals surface area contributed by atoms with Gasteiger partial charge in [0.15, 0.2) is 0 Å². The van der Waals surface area contributed by atoms with Crippen molar-refractivity contribution in [3.8, 4) is 16.9 Å². The summed E-state index contributed by atoms with van der Waals surface area (Å²) in [6.45, 7) is 1.43. The molecule has 0 amide bonds. The molecular formula is C31H25FN2O. The molecule has 0 fully saturated rings. The second-order valence-corrected chi connectivity index (χ2v) is 8.91. The predicted molar refractivity (Wildman–Crippen MR) is 140 cm³/mol. The van der Waals surface area contributed by atoms with Gasteiger partial charge in [0.2, 0.25) is 0 Å². The van der Waals surface area contributed by atoms with Gasteiger partial charge in [0.25, 0.3) is 0 Å². The molecule has 0 aliphatic rings. The minimum absolute atomic E-state index is 0.203. The number of hydrogen-bond acceptors (Lipinski definition) is 1. The fourth-order valence-electron chi connectivity index (χ4n) is 4.76. The van der Waals surface area contributed by atoms with Crippen molar-refractivity contribution in [3.05, 3.63) is 126 Å². The second kappa shape index (κ2) is 8.80. The number of nitrogens with zero attached hydrogens (tertiary/aromatic N) is 2. The molecule has 0 saturated heterocycles. The number of benzene rings is 4. The van der Waals surface area contributed by atoms with Crippen molar-refractivity contribution in [1.29, 1.82) is 0 Å². The van der Waals surface area contributed by atoms with Gasteiger partial charge in [-0.3, -0.25) is 0 Å². The molecule has 0 spiro atoms. The van der Waals surface area contributed by atoms with Crippen LogP contribution in [0, 0.1) is 5.82 Å². The molecule has 6 rings (SSSR count). The van der Waals surface area contributed by atoms with Crippen LogP contribution < -0.4 is 4.74 Å². The summed E-state index contributed by atoms with van der Waals surface area (Å²) in [7, 11) is 1.69. The largest absolute Gasteiger partial charge is 0.497 e. The highest BCUT2D eigenvalue weighted by Crippen LogP contribution is 2.29. The van der Waals surface area contributed by atoms with Crippen LogP contribution >= 0.6 is 0 Å². The lowest BCUT2D eigenvalue weighted by molar-refractivity contribution is 0.414. The third-order valence-corrected chi connectivity index (χ3v) is 6.64. The highest BCUT2D eigenvalue weighted by atomic mass is 19.1. The van der Waals surface area contributed by atoms with Gasteiger partial charge in [0.1, 0.15) is 11.6 Å². The van der Waals surface area contributed by atoms with E-state index in [1.165, 1.54) is 33.5 Å². The third-order valence-electron chi connectivity index (χ3n) is 6.64. The first kappa shape index (κ1) is 21.2. The van der Waals surface area contributed by atoms with Crippen molar-refractivity contribution in [1.82, 2.24) is 9.13 Å². The molecule has 172 valence electrons. The van der Waals surface area contributed by atoms with Crippen LogP contribution in [0.3, 0.4) is 0 Å². The quantitative estimate of drug-likeness (QED) is 0.252. The lowest BCUT2D eigenvalue weighted by Crippen LogP contribution is -1.98. The summed E-state index contributed by atoms with van der Waals surface area (Å²) in [4.78, 5) is 0. The van der Waals surface area contributed by atoms with E-state index in [0.717, 1.165) is 28.9 Å². The predicted octanol–water partition coefficient (Wildman–Crippen LogP) is 7.51. The molecule has 4 aromatic carbocycles. The molecule has 2 heterocycles. The Bertz CT molecular complexity index is 1640. The van der Waals surface area contributed by atoms with E-state index in [9.17, 15) is 4.39 Å². The maximum absolute atomic E-state index is 13.7. The first-order valence-corrected chi connectivity index (χ1v) is 11.7. The first-order chi connectivity index (χ1) is 17.2. The molecule has 0 unspecified atom stereocenters. The van der Waals surface area contributed by atoms with E-state index >= 15 is 0 Å². The van der Waals surface area contributed by atoms with Crippen LogP contribution in [0.1, 0.15) is 11.1 Å². The third kappa shape index (κ3) is 4.19. The zero-order valence-corrected chi connectivity index (χ0v) is 19.5. The number of aromatic nitrogens is 2. The molecule has 3 nitrogen and oxygen atoms in total. The number of rotatable bonds is 6. The molecule has 0 aliphatic heterocycles. The summed E-state index contributed by atoms with van der Waals surface area (Å²) >= 11 is 0. The molecule has 0 N–H and O–H groups in total. The molecular weight excluding hydrogens is 435 g/mol. The molecule has 0 radical (unpaired) electrons. The van der Waals surface area contributed by atoms with Crippen LogP contribution in [-0.4, -0.2) is 16.2 Å².